The van der Waals surface area contributed by atoms with Gasteiger partial charge >= 0.3 is 0 Å². The minimum absolute atomic E-state index is 0.948. The summed E-state index contributed by atoms with van der Waals surface area (Å²) in [7, 11) is 2.17. The highest BCUT2D eigenvalue weighted by atomic mass is 15.2. The van der Waals surface area contributed by atoms with Gasteiger partial charge in [-0.1, -0.05) is 30.3 Å². The lowest BCUT2D eigenvalue weighted by molar-refractivity contribution is 0.322. The summed E-state index contributed by atoms with van der Waals surface area (Å²) in [5.41, 5.74) is 1.37. The van der Waals surface area contributed by atoms with Gasteiger partial charge in [0.2, 0.25) is 0 Å². The first-order chi connectivity index (χ1) is 9.34. The van der Waals surface area contributed by atoms with Gasteiger partial charge in [-0.15, -0.1) is 0 Å². The minimum atomic E-state index is 0.948. The van der Waals surface area contributed by atoms with Crippen LogP contribution >= 0.6 is 0 Å². The molecule has 0 aliphatic carbocycles. The topological polar surface area (TPSA) is 39.7 Å². The van der Waals surface area contributed by atoms with Gasteiger partial charge in [0.1, 0.15) is 0 Å². The van der Waals surface area contributed by atoms with Gasteiger partial charge in [-0.3, -0.25) is 4.99 Å². The zero-order valence-electron chi connectivity index (χ0n) is 11.7. The highest BCUT2D eigenvalue weighted by Gasteiger charge is 2.03. The molecule has 0 radical (unpaired) electrons. The molecular weight excluding hydrogens is 236 g/mol. The van der Waals surface area contributed by atoms with Crippen molar-refractivity contribution >= 4 is 5.96 Å². The molecule has 0 spiro atoms. The highest BCUT2D eigenvalue weighted by molar-refractivity contribution is 5.80. The van der Waals surface area contributed by atoms with Crippen LogP contribution in [0.1, 0.15) is 18.4 Å². The van der Waals surface area contributed by atoms with E-state index in [2.05, 4.69) is 57.9 Å². The van der Waals surface area contributed by atoms with Crippen LogP contribution in [0.15, 0.2) is 35.3 Å². The molecule has 0 amide bonds. The molecule has 1 aliphatic rings. The van der Waals surface area contributed by atoms with Crippen LogP contribution in [0.3, 0.4) is 0 Å². The van der Waals surface area contributed by atoms with E-state index in [1.807, 2.05) is 0 Å². The number of nitrogens with one attached hydrogen (secondary N) is 2. The maximum Gasteiger partial charge on any atom is 0.191 e. The fourth-order valence-electron chi connectivity index (χ4n) is 2.18. The van der Waals surface area contributed by atoms with E-state index < -0.39 is 0 Å². The summed E-state index contributed by atoms with van der Waals surface area (Å²) in [5, 5.41) is 6.63. The van der Waals surface area contributed by atoms with Crippen LogP contribution in [0.5, 0.6) is 0 Å². The van der Waals surface area contributed by atoms with Gasteiger partial charge in [-0.25, -0.2) is 0 Å². The van der Waals surface area contributed by atoms with Crippen molar-refractivity contribution < 1.29 is 0 Å². The molecule has 104 valence electrons. The zero-order chi connectivity index (χ0) is 13.3. The van der Waals surface area contributed by atoms with E-state index in [4.69, 9.17) is 0 Å². The number of aliphatic imine (C=N–C) groups is 1. The van der Waals surface area contributed by atoms with Gasteiger partial charge in [-0.05, 0) is 32.0 Å². The highest BCUT2D eigenvalue weighted by Crippen LogP contribution is 2.02. The summed E-state index contributed by atoms with van der Waals surface area (Å²) < 4.78 is 0. The number of guanidine groups is 1. The first-order valence-corrected chi connectivity index (χ1v) is 7.09. The fraction of sp³-hybridized carbons (Fsp3) is 0.533. The monoisotopic (exact) mass is 260 g/mol. The molecular formula is C15H24N4. The van der Waals surface area contributed by atoms with Crippen molar-refractivity contribution in [3.8, 4) is 0 Å². The van der Waals surface area contributed by atoms with Crippen LogP contribution < -0.4 is 10.6 Å². The molecule has 0 atom stereocenters. The molecule has 0 bridgehead atoms. The van der Waals surface area contributed by atoms with Gasteiger partial charge < -0.3 is 15.5 Å². The third-order valence-electron chi connectivity index (χ3n) is 3.20. The Hall–Kier alpha value is -1.55. The number of hydrogen-bond acceptors (Lipinski definition) is 4. The van der Waals surface area contributed by atoms with E-state index in [-0.39, 0.29) is 0 Å². The molecule has 1 aromatic rings. The van der Waals surface area contributed by atoms with Crippen molar-refractivity contribution in [3.63, 3.8) is 0 Å². The third kappa shape index (κ3) is 5.30. The smallest absolute Gasteiger partial charge is 0.191 e. The Bertz CT molecular complexity index is 388. The second-order valence-electron chi connectivity index (χ2n) is 5.01. The Balaban J connectivity index is 1.59. The summed E-state index contributed by atoms with van der Waals surface area (Å²) in [6.07, 6.45) is 2.27. The number of rotatable bonds is 6. The van der Waals surface area contributed by atoms with Gasteiger partial charge in [0.05, 0.1) is 0 Å². The molecule has 0 saturated heterocycles. The SMILES string of the molecule is CN(CCCNC1=NCCCN1)Cc1ccccc1. The Morgan fingerprint density at radius 1 is 1.32 bits per heavy atom. The third-order valence-corrected chi connectivity index (χ3v) is 3.20. The van der Waals surface area contributed by atoms with Crippen molar-refractivity contribution in [3.05, 3.63) is 35.9 Å². The summed E-state index contributed by atoms with van der Waals surface area (Å²) in [5.74, 6) is 0.969. The maximum absolute atomic E-state index is 4.39. The summed E-state index contributed by atoms with van der Waals surface area (Å²) in [4.78, 5) is 6.75. The van der Waals surface area contributed by atoms with E-state index >= 15 is 0 Å². The van der Waals surface area contributed by atoms with Crippen molar-refractivity contribution in [2.45, 2.75) is 19.4 Å². The lowest BCUT2D eigenvalue weighted by atomic mass is 10.2. The molecule has 0 aromatic heterocycles. The molecule has 0 unspecified atom stereocenters. The van der Waals surface area contributed by atoms with E-state index in [1.54, 1.807) is 0 Å². The van der Waals surface area contributed by atoms with Gasteiger partial charge in [0.15, 0.2) is 5.96 Å². The average Bonchev–Trinajstić information content (AvgIpc) is 2.46. The Morgan fingerprint density at radius 3 is 2.89 bits per heavy atom. The molecule has 2 rings (SSSR count). The minimum Gasteiger partial charge on any atom is -0.356 e. The van der Waals surface area contributed by atoms with Gasteiger partial charge in [0.25, 0.3) is 0 Å². The second-order valence-corrected chi connectivity index (χ2v) is 5.01. The van der Waals surface area contributed by atoms with E-state index in [9.17, 15) is 0 Å². The van der Waals surface area contributed by atoms with E-state index in [0.717, 1.165) is 51.5 Å². The van der Waals surface area contributed by atoms with Crippen LogP contribution in [-0.4, -0.2) is 44.1 Å². The first-order valence-electron chi connectivity index (χ1n) is 7.09. The molecule has 0 saturated carbocycles. The fourth-order valence-corrected chi connectivity index (χ4v) is 2.18. The maximum atomic E-state index is 4.39. The molecule has 19 heavy (non-hydrogen) atoms. The Morgan fingerprint density at radius 2 is 2.16 bits per heavy atom. The molecule has 1 heterocycles. The van der Waals surface area contributed by atoms with E-state index in [1.165, 1.54) is 5.56 Å². The normalized spacial score (nSPS) is 14.9. The van der Waals surface area contributed by atoms with Crippen LogP contribution in [0.2, 0.25) is 0 Å². The zero-order valence-corrected chi connectivity index (χ0v) is 11.7. The standard InChI is InChI=1S/C15H24N4/c1-19(13-14-7-3-2-4-8-14)12-6-11-18-15-16-9-5-10-17-15/h2-4,7-8H,5-6,9-13H2,1H3,(H2,16,17,18). The average molecular weight is 260 g/mol. The van der Waals surface area contributed by atoms with Crippen LogP contribution in [-0.2, 0) is 6.54 Å². The molecule has 1 aliphatic heterocycles. The lowest BCUT2D eigenvalue weighted by Gasteiger charge is -2.19. The molecule has 2 N–H and O–H groups in total. The predicted molar refractivity (Wildman–Crippen MR) is 80.3 cm³/mol. The quantitative estimate of drug-likeness (QED) is 0.761. The Kier molecular flexibility index (Phi) is 5.69. The lowest BCUT2D eigenvalue weighted by Crippen LogP contribution is -2.41. The van der Waals surface area contributed by atoms with Gasteiger partial charge in [-0.2, -0.15) is 0 Å². The molecule has 0 fully saturated rings. The van der Waals surface area contributed by atoms with Crippen molar-refractivity contribution in [1.29, 1.82) is 0 Å². The van der Waals surface area contributed by atoms with Crippen molar-refractivity contribution in [1.82, 2.24) is 15.5 Å². The molecule has 1 aromatic carbocycles. The van der Waals surface area contributed by atoms with Crippen LogP contribution in [0.25, 0.3) is 0 Å². The summed E-state index contributed by atoms with van der Waals surface area (Å²) in [6, 6.07) is 10.6. The van der Waals surface area contributed by atoms with Crippen LogP contribution in [0, 0.1) is 0 Å². The molecule has 4 nitrogen and oxygen atoms in total. The number of hydrogen-bond donors (Lipinski definition) is 2. The van der Waals surface area contributed by atoms with Crippen molar-refractivity contribution in [2.24, 2.45) is 4.99 Å². The van der Waals surface area contributed by atoms with E-state index in [0.29, 0.717) is 0 Å². The van der Waals surface area contributed by atoms with Gasteiger partial charge in [0, 0.05) is 26.2 Å². The number of nitrogens with zero attached hydrogens (tertiary/aromatic N) is 2. The predicted octanol–water partition coefficient (Wildman–Crippen LogP) is 1.45. The summed E-state index contributed by atoms with van der Waals surface area (Å²) >= 11 is 0. The Labute approximate surface area is 115 Å². The molecule has 4 heteroatoms. The number of benzene rings is 1. The largest absolute Gasteiger partial charge is 0.356 e. The first kappa shape index (κ1) is 13.9. The van der Waals surface area contributed by atoms with Crippen molar-refractivity contribution in [2.75, 3.05) is 33.2 Å². The van der Waals surface area contributed by atoms with Crippen LogP contribution in [0.4, 0.5) is 0 Å². The second kappa shape index (κ2) is 7.79. The summed E-state index contributed by atoms with van der Waals surface area (Å²) in [6.45, 7) is 5.07.